The minimum absolute atomic E-state index is 0.0693. The van der Waals surface area contributed by atoms with E-state index in [0.29, 0.717) is 28.2 Å². The molecule has 9 heteroatoms. The number of nitrogens with one attached hydrogen (secondary N) is 2. The van der Waals surface area contributed by atoms with Crippen LogP contribution >= 0.6 is 0 Å². The molecule has 130 valence electrons. The van der Waals surface area contributed by atoms with E-state index in [0.717, 1.165) is 0 Å². The van der Waals surface area contributed by atoms with Gasteiger partial charge in [0.25, 0.3) is 0 Å². The summed E-state index contributed by atoms with van der Waals surface area (Å²) < 4.78 is 31.4. The number of methoxy groups -OCH3 is 1. The lowest BCUT2D eigenvalue weighted by Crippen LogP contribution is -2.18. The van der Waals surface area contributed by atoms with E-state index >= 15 is 0 Å². The number of carboxylic acid groups (broad SMARTS) is 1. The molecule has 0 bridgehead atoms. The predicted octanol–water partition coefficient (Wildman–Crippen LogP) is 1.84. The van der Waals surface area contributed by atoms with Crippen LogP contribution in [0.15, 0.2) is 41.3 Å². The van der Waals surface area contributed by atoms with Crippen molar-refractivity contribution in [3.63, 3.8) is 0 Å². The third-order valence-electron chi connectivity index (χ3n) is 3.74. The van der Waals surface area contributed by atoms with Crippen molar-refractivity contribution < 1.29 is 23.1 Å². The van der Waals surface area contributed by atoms with Gasteiger partial charge in [0.2, 0.25) is 10.0 Å². The average Bonchev–Trinajstić information content (AvgIpc) is 3.03. The molecule has 3 N–H and O–H groups in total. The smallest absolute Gasteiger partial charge is 0.335 e. The van der Waals surface area contributed by atoms with Gasteiger partial charge in [-0.1, -0.05) is 0 Å². The number of aromatic carboxylic acids is 1. The molecule has 1 heterocycles. The van der Waals surface area contributed by atoms with Gasteiger partial charge in [0.1, 0.15) is 11.6 Å². The minimum atomic E-state index is -3.60. The first kappa shape index (κ1) is 16.9. The quantitative estimate of drug-likeness (QED) is 0.637. The summed E-state index contributed by atoms with van der Waals surface area (Å²) in [6.45, 7) is 0. The Morgan fingerprint density at radius 2 is 2.00 bits per heavy atom. The van der Waals surface area contributed by atoms with Crippen LogP contribution in [0.2, 0.25) is 0 Å². The summed E-state index contributed by atoms with van der Waals surface area (Å²) in [4.78, 5) is 18.6. The van der Waals surface area contributed by atoms with Crippen molar-refractivity contribution in [2.24, 2.45) is 0 Å². The topological polar surface area (TPSA) is 121 Å². The fraction of sp³-hybridized carbons (Fsp3) is 0.125. The molecule has 0 atom stereocenters. The molecule has 0 spiro atoms. The van der Waals surface area contributed by atoms with Gasteiger partial charge in [-0.15, -0.1) is 0 Å². The number of imidazole rings is 1. The molecule has 0 aliphatic heterocycles. The van der Waals surface area contributed by atoms with Crippen molar-refractivity contribution in [3.05, 3.63) is 42.0 Å². The Balaban J connectivity index is 2.12. The molecule has 0 saturated heterocycles. The molecule has 0 aliphatic rings. The van der Waals surface area contributed by atoms with Gasteiger partial charge < -0.3 is 14.8 Å². The number of fused-ring (bicyclic) bond motifs is 1. The number of sulfonamides is 1. The highest BCUT2D eigenvalue weighted by Gasteiger charge is 2.17. The van der Waals surface area contributed by atoms with Crippen LogP contribution < -0.4 is 9.46 Å². The van der Waals surface area contributed by atoms with E-state index < -0.39 is 16.0 Å². The molecule has 0 amide bonds. The summed E-state index contributed by atoms with van der Waals surface area (Å²) in [5.74, 6) is -0.256. The molecule has 25 heavy (non-hydrogen) atoms. The van der Waals surface area contributed by atoms with Crippen LogP contribution in [-0.4, -0.2) is 43.6 Å². The van der Waals surface area contributed by atoms with Gasteiger partial charge in [-0.3, -0.25) is 0 Å². The van der Waals surface area contributed by atoms with Crippen LogP contribution in [0.25, 0.3) is 22.4 Å². The number of benzene rings is 2. The van der Waals surface area contributed by atoms with Crippen LogP contribution in [0.3, 0.4) is 0 Å². The van der Waals surface area contributed by atoms with E-state index in [-0.39, 0.29) is 10.5 Å². The normalized spacial score (nSPS) is 11.6. The Kier molecular flexibility index (Phi) is 4.19. The number of aromatic amines is 1. The minimum Gasteiger partial charge on any atom is -0.496 e. The zero-order chi connectivity index (χ0) is 18.2. The number of carboxylic acids is 1. The van der Waals surface area contributed by atoms with Crippen molar-refractivity contribution in [2.75, 3.05) is 14.2 Å². The molecule has 3 aromatic rings. The Bertz CT molecular complexity index is 1070. The highest BCUT2D eigenvalue weighted by molar-refractivity contribution is 7.89. The van der Waals surface area contributed by atoms with Crippen LogP contribution in [0.1, 0.15) is 10.4 Å². The van der Waals surface area contributed by atoms with Gasteiger partial charge in [-0.25, -0.2) is 22.9 Å². The summed E-state index contributed by atoms with van der Waals surface area (Å²) >= 11 is 0. The van der Waals surface area contributed by atoms with E-state index in [2.05, 4.69) is 14.7 Å². The Labute approximate surface area is 143 Å². The Morgan fingerprint density at radius 3 is 2.64 bits per heavy atom. The Hall–Kier alpha value is -2.91. The van der Waals surface area contributed by atoms with E-state index in [4.69, 9.17) is 9.84 Å². The molecular formula is C16H15N3O5S. The standard InChI is InChI=1S/C16H15N3O5S/c1-17-25(22,23)10-4-5-11(14(8-10)24-2)15-18-12-6-3-9(16(20)21)7-13(12)19-15/h3-8,17H,1-2H3,(H,18,19)(H,20,21). The molecule has 8 nitrogen and oxygen atoms in total. The van der Waals surface area contributed by atoms with Gasteiger partial charge >= 0.3 is 5.97 Å². The van der Waals surface area contributed by atoms with Gasteiger partial charge in [0.05, 0.1) is 34.2 Å². The van der Waals surface area contributed by atoms with E-state index in [9.17, 15) is 13.2 Å². The third kappa shape index (κ3) is 3.06. The molecule has 2 aromatic carbocycles. The second-order valence-electron chi connectivity index (χ2n) is 5.19. The lowest BCUT2D eigenvalue weighted by Gasteiger charge is -2.09. The molecule has 0 radical (unpaired) electrons. The fourth-order valence-electron chi connectivity index (χ4n) is 2.42. The van der Waals surface area contributed by atoms with Gasteiger partial charge in [0, 0.05) is 6.07 Å². The summed E-state index contributed by atoms with van der Waals surface area (Å²) in [6, 6.07) is 8.98. The molecule has 0 aliphatic carbocycles. The molecule has 0 saturated carbocycles. The van der Waals surface area contributed by atoms with Crippen molar-refractivity contribution in [1.82, 2.24) is 14.7 Å². The maximum Gasteiger partial charge on any atom is 0.335 e. The number of rotatable bonds is 5. The largest absolute Gasteiger partial charge is 0.496 e. The molecule has 3 rings (SSSR count). The number of hydrogen-bond acceptors (Lipinski definition) is 5. The van der Waals surface area contributed by atoms with Crippen molar-refractivity contribution in [2.45, 2.75) is 4.90 Å². The SMILES string of the molecule is CNS(=O)(=O)c1ccc(-c2nc3ccc(C(=O)O)cc3[nH]2)c(OC)c1. The third-order valence-corrected chi connectivity index (χ3v) is 5.15. The maximum absolute atomic E-state index is 11.9. The fourth-order valence-corrected chi connectivity index (χ4v) is 3.17. The lowest BCUT2D eigenvalue weighted by molar-refractivity contribution is 0.0697. The first-order chi connectivity index (χ1) is 11.9. The zero-order valence-electron chi connectivity index (χ0n) is 13.4. The van der Waals surface area contributed by atoms with Crippen molar-refractivity contribution in [1.29, 1.82) is 0 Å². The highest BCUT2D eigenvalue weighted by Crippen LogP contribution is 2.31. The highest BCUT2D eigenvalue weighted by atomic mass is 32.2. The van der Waals surface area contributed by atoms with Crippen LogP contribution in [-0.2, 0) is 10.0 Å². The number of hydrogen-bond donors (Lipinski definition) is 3. The summed E-state index contributed by atoms with van der Waals surface area (Å²) in [7, 11) is -0.837. The van der Waals surface area contributed by atoms with E-state index in [1.165, 1.54) is 38.4 Å². The average molecular weight is 361 g/mol. The lowest BCUT2D eigenvalue weighted by atomic mass is 10.2. The number of H-pyrrole nitrogens is 1. The van der Waals surface area contributed by atoms with Gasteiger partial charge in [-0.05, 0) is 37.4 Å². The van der Waals surface area contributed by atoms with Crippen LogP contribution in [0.4, 0.5) is 0 Å². The summed E-state index contributed by atoms with van der Waals surface area (Å²) in [5, 5.41) is 9.06. The molecule has 0 fully saturated rings. The second kappa shape index (κ2) is 6.19. The predicted molar refractivity (Wildman–Crippen MR) is 91.3 cm³/mol. The number of nitrogens with zero attached hydrogens (tertiary/aromatic N) is 1. The second-order valence-corrected chi connectivity index (χ2v) is 7.08. The molecule has 0 unspecified atom stereocenters. The van der Waals surface area contributed by atoms with Gasteiger partial charge in [0.15, 0.2) is 0 Å². The van der Waals surface area contributed by atoms with Crippen LogP contribution in [0.5, 0.6) is 5.75 Å². The first-order valence-corrected chi connectivity index (χ1v) is 8.69. The molecular weight excluding hydrogens is 346 g/mol. The van der Waals surface area contributed by atoms with Gasteiger partial charge in [-0.2, -0.15) is 0 Å². The maximum atomic E-state index is 11.9. The summed E-state index contributed by atoms with van der Waals surface area (Å²) in [6.07, 6.45) is 0. The number of carbonyl (C=O) groups is 1. The monoisotopic (exact) mass is 361 g/mol. The Morgan fingerprint density at radius 1 is 1.24 bits per heavy atom. The molecule has 1 aromatic heterocycles. The number of ether oxygens (including phenoxy) is 1. The first-order valence-electron chi connectivity index (χ1n) is 7.20. The summed E-state index contributed by atoms with van der Waals surface area (Å²) in [5.41, 5.74) is 1.86. The van der Waals surface area contributed by atoms with Crippen LogP contribution in [0, 0.1) is 0 Å². The number of aromatic nitrogens is 2. The van der Waals surface area contributed by atoms with E-state index in [1.54, 1.807) is 12.1 Å². The van der Waals surface area contributed by atoms with Crippen molar-refractivity contribution in [3.8, 4) is 17.1 Å². The van der Waals surface area contributed by atoms with E-state index in [1.807, 2.05) is 0 Å². The van der Waals surface area contributed by atoms with Crippen molar-refractivity contribution >= 4 is 27.0 Å². The zero-order valence-corrected chi connectivity index (χ0v) is 14.2.